The maximum Gasteiger partial charge on any atom is 0.280 e. The topological polar surface area (TPSA) is 41.9 Å². The van der Waals surface area contributed by atoms with Gasteiger partial charge in [0.05, 0.1) is 14.9 Å². The second kappa shape index (κ2) is 11.0. The van der Waals surface area contributed by atoms with Gasteiger partial charge in [-0.05, 0) is 82.4 Å². The second-order valence-electron chi connectivity index (χ2n) is 7.61. The first-order valence-electron chi connectivity index (χ1n) is 10.1. The Balaban J connectivity index is 1.74. The van der Waals surface area contributed by atoms with Crippen LogP contribution < -0.4 is 9.75 Å². The predicted octanol–water partition coefficient (Wildman–Crippen LogP) is 8.28. The van der Waals surface area contributed by atoms with Crippen LogP contribution in [0.25, 0.3) is 6.08 Å². The summed E-state index contributed by atoms with van der Waals surface area (Å²) in [5, 5.41) is 4.76. The largest absolute Gasteiger partial charge is 0.487 e. The summed E-state index contributed by atoms with van der Waals surface area (Å²) in [6, 6.07) is 8.42. The molecule has 37 heavy (non-hydrogen) atoms. The van der Waals surface area contributed by atoms with E-state index in [0.29, 0.717) is 30.5 Å². The summed E-state index contributed by atoms with van der Waals surface area (Å²) in [6.45, 7) is 1.42. The summed E-state index contributed by atoms with van der Waals surface area (Å²) in [6.07, 6.45) is 1.37. The molecule has 1 aliphatic rings. The fourth-order valence-electron chi connectivity index (χ4n) is 3.40. The Morgan fingerprint density at radius 2 is 1.59 bits per heavy atom. The molecule has 1 amide bonds. The number of hydrogen-bond acceptors (Lipinski definition) is 3. The number of halogens is 9. The molecule has 3 aromatic carbocycles. The summed E-state index contributed by atoms with van der Waals surface area (Å²) >= 11 is 16.3. The Bertz CT molecular complexity index is 1500. The standard InChI is InChI=1S/C24H11Cl2F5I2N2O2/c1-9-14(24(36)35(34-9)22-20(30)18(28)17(27)19(29)21(22)31)5-11-4-13(32)7-16(33)23(11)37-8-10-2-3-12(25)6-15(10)26/h2-7H,8H2,1H3/b14-5-. The van der Waals surface area contributed by atoms with Gasteiger partial charge in [0.25, 0.3) is 5.91 Å². The van der Waals surface area contributed by atoms with Gasteiger partial charge in [-0.15, -0.1) is 0 Å². The molecular formula is C24H11Cl2F5I2N2O2. The van der Waals surface area contributed by atoms with E-state index in [0.717, 1.165) is 3.57 Å². The van der Waals surface area contributed by atoms with E-state index in [4.69, 9.17) is 27.9 Å². The molecule has 0 fully saturated rings. The average molecular weight is 779 g/mol. The van der Waals surface area contributed by atoms with E-state index >= 15 is 0 Å². The maximum atomic E-state index is 14.4. The lowest BCUT2D eigenvalue weighted by Gasteiger charge is -2.15. The summed E-state index contributed by atoms with van der Waals surface area (Å²) < 4.78 is 77.1. The number of hydrogen-bond donors (Lipinski definition) is 0. The van der Waals surface area contributed by atoms with Crippen molar-refractivity contribution >= 4 is 91.8 Å². The summed E-state index contributed by atoms with van der Waals surface area (Å²) in [5.74, 6) is -11.8. The first-order valence-corrected chi connectivity index (χ1v) is 13.0. The van der Waals surface area contributed by atoms with E-state index in [-0.39, 0.29) is 22.9 Å². The van der Waals surface area contributed by atoms with Crippen molar-refractivity contribution in [2.75, 3.05) is 5.01 Å². The molecule has 0 N–H and O–H groups in total. The van der Waals surface area contributed by atoms with Crippen LogP contribution in [0.15, 0.2) is 41.0 Å². The van der Waals surface area contributed by atoms with Crippen LogP contribution in [0.5, 0.6) is 5.75 Å². The van der Waals surface area contributed by atoms with Crippen LogP contribution in [0.4, 0.5) is 27.6 Å². The third-order valence-electron chi connectivity index (χ3n) is 5.19. The number of ether oxygens (including phenoxy) is 1. The van der Waals surface area contributed by atoms with E-state index in [2.05, 4.69) is 27.7 Å². The molecule has 0 saturated carbocycles. The van der Waals surface area contributed by atoms with Crippen LogP contribution in [0.3, 0.4) is 0 Å². The van der Waals surface area contributed by atoms with E-state index in [9.17, 15) is 26.7 Å². The minimum absolute atomic E-state index is 0.00509. The van der Waals surface area contributed by atoms with Crippen molar-refractivity contribution in [1.82, 2.24) is 0 Å². The van der Waals surface area contributed by atoms with Crippen molar-refractivity contribution in [3.05, 3.63) is 93.3 Å². The van der Waals surface area contributed by atoms with Gasteiger partial charge in [0.2, 0.25) is 5.82 Å². The van der Waals surface area contributed by atoms with Gasteiger partial charge in [-0.1, -0.05) is 29.3 Å². The van der Waals surface area contributed by atoms with Crippen molar-refractivity contribution in [2.45, 2.75) is 13.5 Å². The molecule has 0 radical (unpaired) electrons. The smallest absolute Gasteiger partial charge is 0.280 e. The number of benzene rings is 3. The zero-order chi connectivity index (χ0) is 27.2. The number of hydrazone groups is 1. The number of carbonyl (C=O) groups is 1. The third kappa shape index (κ3) is 5.45. The Morgan fingerprint density at radius 1 is 0.973 bits per heavy atom. The van der Waals surface area contributed by atoms with Crippen LogP contribution >= 0.6 is 68.4 Å². The first-order chi connectivity index (χ1) is 17.4. The lowest BCUT2D eigenvalue weighted by Crippen LogP contribution is -2.25. The van der Waals surface area contributed by atoms with Crippen LogP contribution in [0.1, 0.15) is 18.1 Å². The molecule has 4 rings (SSSR count). The van der Waals surface area contributed by atoms with Gasteiger partial charge in [0.15, 0.2) is 23.3 Å². The summed E-state index contributed by atoms with van der Waals surface area (Å²) in [4.78, 5) is 13.1. The highest BCUT2D eigenvalue weighted by Crippen LogP contribution is 2.36. The first kappa shape index (κ1) is 28.0. The summed E-state index contributed by atoms with van der Waals surface area (Å²) in [5.41, 5.74) is -0.536. The molecule has 0 aliphatic carbocycles. The Kier molecular flexibility index (Phi) is 8.36. The molecule has 3 aromatic rings. The van der Waals surface area contributed by atoms with Crippen LogP contribution in [0.2, 0.25) is 10.0 Å². The summed E-state index contributed by atoms with van der Waals surface area (Å²) in [7, 11) is 0. The molecule has 192 valence electrons. The van der Waals surface area contributed by atoms with Gasteiger partial charge in [-0.2, -0.15) is 10.1 Å². The van der Waals surface area contributed by atoms with Crippen molar-refractivity contribution in [3.8, 4) is 5.75 Å². The fourth-order valence-corrected chi connectivity index (χ4v) is 5.91. The lowest BCUT2D eigenvalue weighted by atomic mass is 10.1. The highest BCUT2D eigenvalue weighted by molar-refractivity contribution is 14.1. The van der Waals surface area contributed by atoms with Gasteiger partial charge < -0.3 is 4.74 Å². The molecular weight excluding hydrogens is 768 g/mol. The van der Waals surface area contributed by atoms with E-state index in [1.54, 1.807) is 24.3 Å². The number of rotatable bonds is 5. The highest BCUT2D eigenvalue weighted by Gasteiger charge is 2.37. The Hall–Kier alpha value is -1.97. The number of anilines is 1. The average Bonchev–Trinajstić information content (AvgIpc) is 3.10. The monoisotopic (exact) mass is 778 g/mol. The van der Waals surface area contributed by atoms with E-state index in [1.165, 1.54) is 13.0 Å². The zero-order valence-electron chi connectivity index (χ0n) is 18.3. The van der Waals surface area contributed by atoms with Crippen LogP contribution in [0, 0.1) is 36.2 Å². The molecule has 0 aromatic heterocycles. The molecule has 1 heterocycles. The molecule has 0 atom stereocenters. The van der Waals surface area contributed by atoms with Gasteiger partial charge in [-0.25, -0.2) is 22.0 Å². The Morgan fingerprint density at radius 3 is 2.22 bits per heavy atom. The zero-order valence-corrected chi connectivity index (χ0v) is 24.1. The van der Waals surface area contributed by atoms with Crippen molar-refractivity contribution in [1.29, 1.82) is 0 Å². The van der Waals surface area contributed by atoms with E-state index < -0.39 is 40.7 Å². The van der Waals surface area contributed by atoms with E-state index in [1.807, 2.05) is 28.7 Å². The van der Waals surface area contributed by atoms with Gasteiger partial charge in [0.1, 0.15) is 18.0 Å². The number of amides is 1. The van der Waals surface area contributed by atoms with Crippen LogP contribution in [-0.2, 0) is 11.4 Å². The SMILES string of the molecule is CC1=NN(c2c(F)c(F)c(F)c(F)c2F)C(=O)/C1=C\c1cc(I)cc(I)c1OCc1ccc(Cl)cc1Cl. The number of nitrogens with zero attached hydrogens (tertiary/aromatic N) is 2. The molecule has 0 spiro atoms. The highest BCUT2D eigenvalue weighted by atomic mass is 127. The van der Waals surface area contributed by atoms with Crippen molar-refractivity contribution in [2.24, 2.45) is 5.10 Å². The third-order valence-corrected chi connectivity index (χ3v) is 7.20. The van der Waals surface area contributed by atoms with Gasteiger partial charge in [0, 0.05) is 24.7 Å². The maximum absolute atomic E-state index is 14.4. The lowest BCUT2D eigenvalue weighted by molar-refractivity contribution is -0.114. The van der Waals surface area contributed by atoms with Crippen LogP contribution in [-0.4, -0.2) is 11.6 Å². The molecule has 1 aliphatic heterocycles. The second-order valence-corrected chi connectivity index (χ2v) is 10.9. The molecule has 13 heteroatoms. The van der Waals surface area contributed by atoms with Crippen molar-refractivity contribution in [3.63, 3.8) is 0 Å². The minimum Gasteiger partial charge on any atom is -0.487 e. The number of carbonyl (C=O) groups excluding carboxylic acids is 1. The van der Waals surface area contributed by atoms with Gasteiger partial charge >= 0.3 is 0 Å². The molecule has 0 unspecified atom stereocenters. The normalized spacial score (nSPS) is 14.5. The quantitative estimate of drug-likeness (QED) is 0.0861. The molecule has 0 bridgehead atoms. The van der Waals surface area contributed by atoms with Crippen molar-refractivity contribution < 1.29 is 31.5 Å². The Labute approximate surface area is 244 Å². The minimum atomic E-state index is -2.34. The predicted molar refractivity (Wildman–Crippen MR) is 147 cm³/mol. The van der Waals surface area contributed by atoms with Gasteiger partial charge in [-0.3, -0.25) is 4.79 Å². The molecule has 0 saturated heterocycles. The fraction of sp³-hybridized carbons (Fsp3) is 0.0833. The molecule has 4 nitrogen and oxygen atoms in total.